The van der Waals surface area contributed by atoms with Gasteiger partial charge in [-0.25, -0.2) is 4.98 Å². The molecule has 24 heavy (non-hydrogen) atoms. The smallest absolute Gasteiger partial charge is 0.230 e. The summed E-state index contributed by atoms with van der Waals surface area (Å²) in [5, 5.41) is 5.44. The molecule has 3 aromatic rings. The lowest BCUT2D eigenvalue weighted by molar-refractivity contribution is -0.115. The van der Waals surface area contributed by atoms with Crippen molar-refractivity contribution in [2.75, 3.05) is 19.5 Å². The second kappa shape index (κ2) is 7.18. The van der Waals surface area contributed by atoms with Crippen molar-refractivity contribution in [1.82, 2.24) is 4.98 Å². The van der Waals surface area contributed by atoms with E-state index in [4.69, 9.17) is 13.9 Å². The molecule has 0 fully saturated rings. The Morgan fingerprint density at radius 3 is 2.79 bits per heavy atom. The van der Waals surface area contributed by atoms with Gasteiger partial charge in [0.15, 0.2) is 22.3 Å². The number of rotatable bonds is 6. The van der Waals surface area contributed by atoms with Crippen molar-refractivity contribution in [1.29, 1.82) is 0 Å². The summed E-state index contributed by atoms with van der Waals surface area (Å²) in [6.45, 7) is 0. The third kappa shape index (κ3) is 3.57. The first-order valence-corrected chi connectivity index (χ1v) is 8.07. The largest absolute Gasteiger partial charge is 0.493 e. The number of thiazole rings is 1. The van der Waals surface area contributed by atoms with Gasteiger partial charge in [0.1, 0.15) is 0 Å². The highest BCUT2D eigenvalue weighted by Gasteiger charge is 2.12. The first-order valence-electron chi connectivity index (χ1n) is 7.19. The Morgan fingerprint density at radius 2 is 2.08 bits per heavy atom. The van der Waals surface area contributed by atoms with Gasteiger partial charge in [-0.1, -0.05) is 0 Å². The number of aromatic nitrogens is 1. The SMILES string of the molecule is COc1ccc(NC(=O)Cc2csc(-c3ccco3)n2)cc1OC. The third-order valence-electron chi connectivity index (χ3n) is 3.29. The minimum absolute atomic E-state index is 0.154. The fourth-order valence-electron chi connectivity index (χ4n) is 2.19. The van der Waals surface area contributed by atoms with Crippen LogP contribution in [0.15, 0.2) is 46.4 Å². The maximum atomic E-state index is 12.2. The minimum atomic E-state index is -0.154. The standard InChI is InChI=1S/C17H16N2O4S/c1-21-13-6-5-11(8-15(13)22-2)18-16(20)9-12-10-24-17(19-12)14-4-3-7-23-14/h3-8,10H,9H2,1-2H3,(H,18,20). The first kappa shape index (κ1) is 16.1. The molecule has 6 nitrogen and oxygen atoms in total. The van der Waals surface area contributed by atoms with E-state index < -0.39 is 0 Å². The number of hydrogen-bond donors (Lipinski definition) is 1. The maximum absolute atomic E-state index is 12.2. The van der Waals surface area contributed by atoms with E-state index in [9.17, 15) is 4.79 Å². The monoisotopic (exact) mass is 344 g/mol. The Bertz CT molecular complexity index is 827. The van der Waals surface area contributed by atoms with Gasteiger partial charge < -0.3 is 19.2 Å². The molecule has 0 bridgehead atoms. The molecule has 0 saturated heterocycles. The molecule has 0 aliphatic rings. The number of nitrogens with zero attached hydrogens (tertiary/aromatic N) is 1. The molecule has 2 aromatic heterocycles. The van der Waals surface area contributed by atoms with E-state index in [-0.39, 0.29) is 12.3 Å². The average molecular weight is 344 g/mol. The molecule has 0 atom stereocenters. The summed E-state index contributed by atoms with van der Waals surface area (Å²) >= 11 is 1.45. The van der Waals surface area contributed by atoms with E-state index in [1.807, 2.05) is 11.4 Å². The van der Waals surface area contributed by atoms with Gasteiger partial charge in [0.25, 0.3) is 0 Å². The summed E-state index contributed by atoms with van der Waals surface area (Å²) in [4.78, 5) is 16.6. The minimum Gasteiger partial charge on any atom is -0.493 e. The van der Waals surface area contributed by atoms with Crippen LogP contribution >= 0.6 is 11.3 Å². The lowest BCUT2D eigenvalue weighted by Gasteiger charge is -2.10. The van der Waals surface area contributed by atoms with Crippen LogP contribution in [0.25, 0.3) is 10.8 Å². The Morgan fingerprint density at radius 1 is 1.25 bits per heavy atom. The van der Waals surface area contributed by atoms with E-state index in [1.54, 1.807) is 44.7 Å². The van der Waals surface area contributed by atoms with Gasteiger partial charge >= 0.3 is 0 Å². The fourth-order valence-corrected chi connectivity index (χ4v) is 2.97. The molecule has 1 aromatic carbocycles. The zero-order valence-corrected chi connectivity index (χ0v) is 14.1. The van der Waals surface area contributed by atoms with Crippen molar-refractivity contribution in [3.05, 3.63) is 47.7 Å². The summed E-state index contributed by atoms with van der Waals surface area (Å²) in [6.07, 6.45) is 1.78. The molecule has 0 saturated carbocycles. The summed E-state index contributed by atoms with van der Waals surface area (Å²) in [7, 11) is 3.11. The zero-order valence-electron chi connectivity index (χ0n) is 13.2. The van der Waals surface area contributed by atoms with Crippen LogP contribution < -0.4 is 14.8 Å². The van der Waals surface area contributed by atoms with Crippen molar-refractivity contribution >= 4 is 22.9 Å². The van der Waals surface area contributed by atoms with Gasteiger partial charge in [-0.3, -0.25) is 4.79 Å². The molecule has 7 heteroatoms. The molecular formula is C17H16N2O4S. The number of nitrogens with one attached hydrogen (secondary N) is 1. The molecule has 1 amide bonds. The van der Waals surface area contributed by atoms with Gasteiger partial charge in [-0.2, -0.15) is 0 Å². The average Bonchev–Trinajstić information content (AvgIpc) is 3.25. The molecule has 0 aliphatic heterocycles. The third-order valence-corrected chi connectivity index (χ3v) is 4.20. The molecule has 0 aliphatic carbocycles. The van der Waals surface area contributed by atoms with Crippen LogP contribution in [0.5, 0.6) is 11.5 Å². The number of anilines is 1. The number of methoxy groups -OCH3 is 2. The van der Waals surface area contributed by atoms with Crippen molar-refractivity contribution in [3.8, 4) is 22.3 Å². The number of ether oxygens (including phenoxy) is 2. The molecule has 0 unspecified atom stereocenters. The quantitative estimate of drug-likeness (QED) is 0.739. The normalized spacial score (nSPS) is 10.4. The summed E-state index contributed by atoms with van der Waals surface area (Å²) in [6, 6.07) is 8.86. The van der Waals surface area contributed by atoms with Crippen molar-refractivity contribution in [2.45, 2.75) is 6.42 Å². The van der Waals surface area contributed by atoms with Gasteiger partial charge in [-0.05, 0) is 24.3 Å². The van der Waals surface area contributed by atoms with Crippen molar-refractivity contribution < 1.29 is 18.7 Å². The van der Waals surface area contributed by atoms with Gasteiger partial charge in [0.2, 0.25) is 5.91 Å². The van der Waals surface area contributed by atoms with Gasteiger partial charge in [0.05, 0.1) is 32.6 Å². The number of amides is 1. The molecule has 3 rings (SSSR count). The number of benzene rings is 1. The van der Waals surface area contributed by atoms with Crippen LogP contribution in [0.2, 0.25) is 0 Å². The van der Waals surface area contributed by atoms with E-state index >= 15 is 0 Å². The molecular weight excluding hydrogens is 328 g/mol. The van der Waals surface area contributed by atoms with Crippen LogP contribution in [-0.4, -0.2) is 25.1 Å². The highest BCUT2D eigenvalue weighted by molar-refractivity contribution is 7.13. The van der Waals surface area contributed by atoms with Crippen LogP contribution in [-0.2, 0) is 11.2 Å². The summed E-state index contributed by atoms with van der Waals surface area (Å²) in [5.74, 6) is 1.72. The highest BCUT2D eigenvalue weighted by Crippen LogP contribution is 2.30. The van der Waals surface area contributed by atoms with Crippen molar-refractivity contribution in [3.63, 3.8) is 0 Å². The second-order valence-electron chi connectivity index (χ2n) is 4.92. The number of carbonyl (C=O) groups is 1. The van der Waals surface area contributed by atoms with Gasteiger partial charge in [0, 0.05) is 17.1 Å². The fraction of sp³-hybridized carbons (Fsp3) is 0.176. The Balaban J connectivity index is 1.65. The lowest BCUT2D eigenvalue weighted by Crippen LogP contribution is -2.14. The summed E-state index contributed by atoms with van der Waals surface area (Å²) in [5.41, 5.74) is 1.34. The Kier molecular flexibility index (Phi) is 4.81. The molecule has 124 valence electrons. The molecule has 1 N–H and O–H groups in total. The van der Waals surface area contributed by atoms with Crippen LogP contribution in [0, 0.1) is 0 Å². The predicted molar refractivity (Wildman–Crippen MR) is 91.7 cm³/mol. The molecule has 2 heterocycles. The molecule has 0 radical (unpaired) electrons. The topological polar surface area (TPSA) is 73.6 Å². The molecule has 0 spiro atoms. The maximum Gasteiger partial charge on any atom is 0.230 e. The zero-order chi connectivity index (χ0) is 16.9. The van der Waals surface area contributed by atoms with Crippen LogP contribution in [0.4, 0.5) is 5.69 Å². The second-order valence-corrected chi connectivity index (χ2v) is 5.77. The van der Waals surface area contributed by atoms with Crippen LogP contribution in [0.1, 0.15) is 5.69 Å². The number of hydrogen-bond acceptors (Lipinski definition) is 6. The van der Waals surface area contributed by atoms with Crippen LogP contribution in [0.3, 0.4) is 0 Å². The van der Waals surface area contributed by atoms with Gasteiger partial charge in [-0.15, -0.1) is 11.3 Å². The van der Waals surface area contributed by atoms with Crippen molar-refractivity contribution in [2.24, 2.45) is 0 Å². The first-order chi connectivity index (χ1) is 11.7. The number of carbonyl (C=O) groups excluding carboxylic acids is 1. The van der Waals surface area contributed by atoms with E-state index in [2.05, 4.69) is 10.3 Å². The Hall–Kier alpha value is -2.80. The summed E-state index contributed by atoms with van der Waals surface area (Å²) < 4.78 is 15.7. The van der Waals surface area contributed by atoms with E-state index in [0.717, 1.165) is 5.01 Å². The highest BCUT2D eigenvalue weighted by atomic mass is 32.1. The van der Waals surface area contributed by atoms with E-state index in [1.165, 1.54) is 11.3 Å². The lowest BCUT2D eigenvalue weighted by atomic mass is 10.2. The number of furan rings is 1. The predicted octanol–water partition coefficient (Wildman–Crippen LogP) is 3.60. The Labute approximate surface area is 143 Å². The van der Waals surface area contributed by atoms with E-state index in [0.29, 0.717) is 28.6 Å².